The van der Waals surface area contributed by atoms with Crippen molar-refractivity contribution in [1.29, 1.82) is 0 Å². The second-order valence-corrected chi connectivity index (χ2v) is 6.29. The molecule has 0 atom stereocenters. The lowest BCUT2D eigenvalue weighted by atomic mass is 10.0. The van der Waals surface area contributed by atoms with Crippen LogP contribution in [-0.2, 0) is 14.8 Å². The highest BCUT2D eigenvalue weighted by atomic mass is 32.2. The Hall–Kier alpha value is -1.70. The quantitative estimate of drug-likeness (QED) is 0.707. The van der Waals surface area contributed by atoms with Gasteiger partial charge in [0.1, 0.15) is 0 Å². The van der Waals surface area contributed by atoms with Gasteiger partial charge < -0.3 is 10.6 Å². The van der Waals surface area contributed by atoms with E-state index in [2.05, 4.69) is 10.6 Å². The van der Waals surface area contributed by atoms with Gasteiger partial charge in [-0.25, -0.2) is 13.6 Å². The zero-order chi connectivity index (χ0) is 14.9. The number of carbonyl (C=O) groups excluding carboxylic acids is 1. The Morgan fingerprint density at radius 2 is 2.00 bits per heavy atom. The van der Waals surface area contributed by atoms with E-state index >= 15 is 0 Å². The molecular weight excluding hydrogens is 278 g/mol. The van der Waals surface area contributed by atoms with E-state index < -0.39 is 10.0 Å². The van der Waals surface area contributed by atoms with Crippen LogP contribution in [0.25, 0.3) is 0 Å². The number of carbonyl (C=O) groups is 1. The maximum atomic E-state index is 12.1. The summed E-state index contributed by atoms with van der Waals surface area (Å²) in [6.45, 7) is 4.80. The Bertz CT molecular complexity index is 687. The Labute approximate surface area is 118 Å². The molecule has 1 aliphatic rings. The molecule has 1 amide bonds. The zero-order valence-electron chi connectivity index (χ0n) is 11.4. The van der Waals surface area contributed by atoms with Crippen molar-refractivity contribution in [3.63, 3.8) is 0 Å². The minimum atomic E-state index is -3.80. The highest BCUT2D eigenvalue weighted by Crippen LogP contribution is 2.23. The van der Waals surface area contributed by atoms with E-state index in [-0.39, 0.29) is 10.8 Å². The van der Waals surface area contributed by atoms with Gasteiger partial charge in [-0.1, -0.05) is 6.07 Å². The van der Waals surface area contributed by atoms with Crippen molar-refractivity contribution in [1.82, 2.24) is 5.32 Å². The molecule has 0 unspecified atom stereocenters. The van der Waals surface area contributed by atoms with E-state index in [1.807, 2.05) is 0 Å². The summed E-state index contributed by atoms with van der Waals surface area (Å²) in [5, 5.41) is 10.9. The number of rotatable bonds is 3. The van der Waals surface area contributed by atoms with Crippen molar-refractivity contribution in [3.8, 4) is 0 Å². The summed E-state index contributed by atoms with van der Waals surface area (Å²) >= 11 is 0. The standard InChI is InChI=1S/C13H17N3O3S/c1-8(10-6-15-7-10)13(17)16-11-4-3-5-12(9(11)2)20(14,18)19/h3-5,15H,6-7H2,1-2H3,(H,16,17)(H2,14,18,19). The average Bonchev–Trinajstić information content (AvgIpc) is 2.27. The lowest BCUT2D eigenvalue weighted by Gasteiger charge is -2.21. The molecule has 0 aromatic heterocycles. The van der Waals surface area contributed by atoms with Gasteiger partial charge in [0.05, 0.1) is 4.90 Å². The fraction of sp³-hybridized carbons (Fsp3) is 0.308. The van der Waals surface area contributed by atoms with Crippen LogP contribution in [0.2, 0.25) is 0 Å². The monoisotopic (exact) mass is 295 g/mol. The third kappa shape index (κ3) is 2.90. The summed E-state index contributed by atoms with van der Waals surface area (Å²) < 4.78 is 22.9. The van der Waals surface area contributed by atoms with Gasteiger partial charge in [-0.3, -0.25) is 4.79 Å². The summed E-state index contributed by atoms with van der Waals surface area (Å²) in [5.41, 5.74) is 2.61. The molecule has 0 saturated carbocycles. The lowest BCUT2D eigenvalue weighted by molar-refractivity contribution is -0.112. The number of hydrogen-bond acceptors (Lipinski definition) is 4. The predicted octanol–water partition coefficient (Wildman–Crippen LogP) is 0.501. The topological polar surface area (TPSA) is 101 Å². The molecule has 7 heteroatoms. The minimum Gasteiger partial charge on any atom is -0.322 e. The van der Waals surface area contributed by atoms with E-state index in [0.29, 0.717) is 16.8 Å². The fourth-order valence-corrected chi connectivity index (χ4v) is 2.75. The first-order chi connectivity index (χ1) is 9.30. The Kier molecular flexibility index (Phi) is 3.94. The number of nitrogens with one attached hydrogen (secondary N) is 2. The summed E-state index contributed by atoms with van der Waals surface area (Å²) in [4.78, 5) is 12.1. The summed E-state index contributed by atoms with van der Waals surface area (Å²) in [5.74, 6) is -0.226. The molecule has 20 heavy (non-hydrogen) atoms. The predicted molar refractivity (Wildman–Crippen MR) is 76.8 cm³/mol. The van der Waals surface area contributed by atoms with Crippen LogP contribution in [0.3, 0.4) is 0 Å². The number of hydrogen-bond donors (Lipinski definition) is 3. The maximum absolute atomic E-state index is 12.1. The molecule has 108 valence electrons. The molecule has 1 aliphatic heterocycles. The average molecular weight is 295 g/mol. The van der Waals surface area contributed by atoms with E-state index in [9.17, 15) is 13.2 Å². The van der Waals surface area contributed by atoms with Crippen LogP contribution in [0, 0.1) is 6.92 Å². The Morgan fingerprint density at radius 3 is 2.50 bits per heavy atom. The number of nitrogens with two attached hydrogens (primary N) is 1. The fourth-order valence-electron chi connectivity index (χ4n) is 1.95. The Morgan fingerprint density at radius 1 is 1.35 bits per heavy atom. The highest BCUT2D eigenvalue weighted by molar-refractivity contribution is 7.89. The van der Waals surface area contributed by atoms with Gasteiger partial charge in [0, 0.05) is 24.4 Å². The van der Waals surface area contributed by atoms with E-state index in [1.165, 1.54) is 6.07 Å². The molecule has 0 radical (unpaired) electrons. The van der Waals surface area contributed by atoms with Crippen LogP contribution in [0.15, 0.2) is 34.2 Å². The molecule has 1 saturated heterocycles. The molecule has 6 nitrogen and oxygen atoms in total. The van der Waals surface area contributed by atoms with Crippen LogP contribution < -0.4 is 15.8 Å². The van der Waals surface area contributed by atoms with Crippen molar-refractivity contribution in [2.24, 2.45) is 5.14 Å². The molecule has 0 bridgehead atoms. The van der Waals surface area contributed by atoms with Gasteiger partial charge in [0.15, 0.2) is 0 Å². The molecule has 0 aliphatic carbocycles. The summed E-state index contributed by atoms with van der Waals surface area (Å²) in [6, 6.07) is 4.62. The molecule has 1 aromatic carbocycles. The van der Waals surface area contributed by atoms with Crippen LogP contribution in [0.1, 0.15) is 12.5 Å². The first-order valence-corrected chi connectivity index (χ1v) is 7.68. The molecule has 1 fully saturated rings. The highest BCUT2D eigenvalue weighted by Gasteiger charge is 2.18. The molecule has 1 heterocycles. The van der Waals surface area contributed by atoms with Crippen LogP contribution >= 0.6 is 0 Å². The summed E-state index contributed by atoms with van der Waals surface area (Å²) in [7, 11) is -3.80. The van der Waals surface area contributed by atoms with Crippen molar-refractivity contribution in [3.05, 3.63) is 34.9 Å². The van der Waals surface area contributed by atoms with E-state index in [0.717, 1.165) is 18.7 Å². The minimum absolute atomic E-state index is 0.0194. The van der Waals surface area contributed by atoms with Gasteiger partial charge in [-0.15, -0.1) is 0 Å². The third-order valence-corrected chi connectivity index (χ3v) is 4.44. The normalized spacial score (nSPS) is 14.7. The van der Waals surface area contributed by atoms with Gasteiger partial charge in [0.2, 0.25) is 10.0 Å². The largest absolute Gasteiger partial charge is 0.322 e. The molecule has 0 spiro atoms. The number of sulfonamides is 1. The zero-order valence-corrected chi connectivity index (χ0v) is 12.2. The SMILES string of the molecule is CC(C(=O)Nc1cccc(S(N)(=O)=O)c1C)=C1CNC1. The summed E-state index contributed by atoms with van der Waals surface area (Å²) in [6.07, 6.45) is 0. The van der Waals surface area contributed by atoms with Crippen LogP contribution in [-0.4, -0.2) is 27.4 Å². The first-order valence-electron chi connectivity index (χ1n) is 6.14. The lowest BCUT2D eigenvalue weighted by Crippen LogP contribution is -2.36. The van der Waals surface area contributed by atoms with Gasteiger partial charge in [0.25, 0.3) is 5.91 Å². The van der Waals surface area contributed by atoms with Gasteiger partial charge in [-0.2, -0.15) is 0 Å². The second-order valence-electron chi connectivity index (χ2n) is 4.76. The van der Waals surface area contributed by atoms with Crippen LogP contribution in [0.5, 0.6) is 0 Å². The number of primary sulfonamides is 1. The van der Waals surface area contributed by atoms with Gasteiger partial charge >= 0.3 is 0 Å². The maximum Gasteiger partial charge on any atom is 0.251 e. The third-order valence-electron chi connectivity index (χ3n) is 3.39. The van der Waals surface area contributed by atoms with E-state index in [4.69, 9.17) is 5.14 Å². The number of anilines is 1. The second kappa shape index (κ2) is 5.35. The smallest absolute Gasteiger partial charge is 0.251 e. The molecule has 1 aromatic rings. The van der Waals surface area contributed by atoms with Crippen molar-refractivity contribution in [2.45, 2.75) is 18.7 Å². The van der Waals surface area contributed by atoms with E-state index in [1.54, 1.807) is 26.0 Å². The molecular formula is C13H17N3O3S. The first kappa shape index (κ1) is 14.7. The van der Waals surface area contributed by atoms with Gasteiger partial charge in [-0.05, 0) is 37.1 Å². The van der Waals surface area contributed by atoms with Crippen molar-refractivity contribution >= 4 is 21.6 Å². The Balaban J connectivity index is 2.29. The number of amides is 1. The molecule has 4 N–H and O–H groups in total. The van der Waals surface area contributed by atoms with Crippen LogP contribution in [0.4, 0.5) is 5.69 Å². The van der Waals surface area contributed by atoms with Crippen molar-refractivity contribution < 1.29 is 13.2 Å². The van der Waals surface area contributed by atoms with Crippen molar-refractivity contribution in [2.75, 3.05) is 18.4 Å². The molecule has 2 rings (SSSR count). The number of benzene rings is 1.